The average Bonchev–Trinajstić information content (AvgIpc) is 2.56. The number of hydrogen-bond donors (Lipinski definition) is 0. The standard InChI is InChI=1S/C17H19F3N4/c1-13-10-21-12-22-16(13)24-7-5-23(6-8-24)11-14-3-2-4-15(9-14)17(18,19)20/h2-4,9-10,12H,5-8,11H2,1H3. The Labute approximate surface area is 138 Å². The molecule has 0 radical (unpaired) electrons. The first-order valence-electron chi connectivity index (χ1n) is 7.83. The molecular weight excluding hydrogens is 317 g/mol. The molecule has 0 bridgehead atoms. The molecule has 0 spiro atoms. The summed E-state index contributed by atoms with van der Waals surface area (Å²) in [6.07, 6.45) is -0.964. The zero-order valence-electron chi connectivity index (χ0n) is 13.4. The van der Waals surface area contributed by atoms with Gasteiger partial charge in [-0.3, -0.25) is 4.90 Å². The van der Waals surface area contributed by atoms with Crippen molar-refractivity contribution >= 4 is 5.82 Å². The van der Waals surface area contributed by atoms with Crippen molar-refractivity contribution in [2.24, 2.45) is 0 Å². The molecule has 7 heteroatoms. The molecule has 0 atom stereocenters. The van der Waals surface area contributed by atoms with Crippen molar-refractivity contribution in [1.82, 2.24) is 14.9 Å². The number of aromatic nitrogens is 2. The summed E-state index contributed by atoms with van der Waals surface area (Å²) in [6, 6.07) is 5.56. The van der Waals surface area contributed by atoms with Gasteiger partial charge in [0.05, 0.1) is 5.56 Å². The van der Waals surface area contributed by atoms with Gasteiger partial charge in [0.1, 0.15) is 12.1 Å². The summed E-state index contributed by atoms with van der Waals surface area (Å²) in [5, 5.41) is 0. The van der Waals surface area contributed by atoms with Gasteiger partial charge >= 0.3 is 6.18 Å². The van der Waals surface area contributed by atoms with Crippen LogP contribution in [0.15, 0.2) is 36.8 Å². The maximum atomic E-state index is 12.8. The monoisotopic (exact) mass is 336 g/mol. The zero-order chi connectivity index (χ0) is 17.2. The first-order chi connectivity index (χ1) is 11.4. The van der Waals surface area contributed by atoms with Crippen molar-refractivity contribution in [3.8, 4) is 0 Å². The Balaban J connectivity index is 1.61. The molecule has 3 rings (SSSR count). The Morgan fingerprint density at radius 1 is 1.12 bits per heavy atom. The predicted octanol–water partition coefficient (Wildman–Crippen LogP) is 3.13. The second-order valence-corrected chi connectivity index (χ2v) is 5.99. The molecule has 0 aliphatic carbocycles. The highest BCUT2D eigenvalue weighted by molar-refractivity contribution is 5.44. The molecule has 0 N–H and O–H groups in total. The fraction of sp³-hybridized carbons (Fsp3) is 0.412. The van der Waals surface area contributed by atoms with Crippen LogP contribution in [0.5, 0.6) is 0 Å². The van der Waals surface area contributed by atoms with Crippen molar-refractivity contribution in [3.63, 3.8) is 0 Å². The number of anilines is 1. The maximum Gasteiger partial charge on any atom is 0.416 e. The largest absolute Gasteiger partial charge is 0.416 e. The van der Waals surface area contributed by atoms with Crippen LogP contribution < -0.4 is 4.90 Å². The van der Waals surface area contributed by atoms with Crippen LogP contribution in [0.3, 0.4) is 0 Å². The van der Waals surface area contributed by atoms with Crippen LogP contribution in [0.25, 0.3) is 0 Å². The highest BCUT2D eigenvalue weighted by Crippen LogP contribution is 2.29. The van der Waals surface area contributed by atoms with Crippen molar-refractivity contribution < 1.29 is 13.2 Å². The fourth-order valence-corrected chi connectivity index (χ4v) is 2.95. The van der Waals surface area contributed by atoms with Crippen LogP contribution in [0, 0.1) is 6.92 Å². The number of nitrogens with zero attached hydrogens (tertiary/aromatic N) is 4. The van der Waals surface area contributed by atoms with Crippen molar-refractivity contribution in [1.29, 1.82) is 0 Å². The summed E-state index contributed by atoms with van der Waals surface area (Å²) in [6.45, 7) is 5.69. The van der Waals surface area contributed by atoms with E-state index in [1.807, 2.05) is 6.92 Å². The number of benzene rings is 1. The van der Waals surface area contributed by atoms with Gasteiger partial charge in [0.15, 0.2) is 0 Å². The first-order valence-corrected chi connectivity index (χ1v) is 7.83. The van der Waals surface area contributed by atoms with Crippen LogP contribution in [0.4, 0.5) is 19.0 Å². The summed E-state index contributed by atoms with van der Waals surface area (Å²) in [4.78, 5) is 12.7. The van der Waals surface area contributed by atoms with Gasteiger partial charge in [-0.2, -0.15) is 13.2 Å². The molecule has 1 aromatic carbocycles. The van der Waals surface area contributed by atoms with Crippen molar-refractivity contribution in [2.45, 2.75) is 19.6 Å². The maximum absolute atomic E-state index is 12.8. The molecule has 2 aromatic rings. The van der Waals surface area contributed by atoms with Gasteiger partial charge in [0.2, 0.25) is 0 Å². The van der Waals surface area contributed by atoms with Gasteiger partial charge in [0.25, 0.3) is 0 Å². The van der Waals surface area contributed by atoms with E-state index in [9.17, 15) is 13.2 Å². The molecular formula is C17H19F3N4. The summed E-state index contributed by atoms with van der Waals surface area (Å²) < 4.78 is 38.4. The van der Waals surface area contributed by atoms with E-state index in [4.69, 9.17) is 0 Å². The van der Waals surface area contributed by atoms with Crippen LogP contribution >= 0.6 is 0 Å². The minimum atomic E-state index is -4.29. The third kappa shape index (κ3) is 3.84. The lowest BCUT2D eigenvalue weighted by Gasteiger charge is -2.36. The molecule has 1 aliphatic heterocycles. The number of alkyl halides is 3. The van der Waals surface area contributed by atoms with E-state index in [0.717, 1.165) is 43.6 Å². The third-order valence-electron chi connectivity index (χ3n) is 4.20. The number of aryl methyl sites for hydroxylation is 1. The van der Waals surface area contributed by atoms with E-state index in [1.54, 1.807) is 12.3 Å². The molecule has 1 aliphatic rings. The number of rotatable bonds is 3. The van der Waals surface area contributed by atoms with E-state index in [-0.39, 0.29) is 0 Å². The number of hydrogen-bond acceptors (Lipinski definition) is 4. The van der Waals surface area contributed by atoms with Gasteiger partial charge in [-0.25, -0.2) is 9.97 Å². The Hall–Kier alpha value is -2.15. The van der Waals surface area contributed by atoms with Gasteiger partial charge < -0.3 is 4.90 Å². The van der Waals surface area contributed by atoms with E-state index < -0.39 is 11.7 Å². The fourth-order valence-electron chi connectivity index (χ4n) is 2.95. The second kappa shape index (κ2) is 6.76. The van der Waals surface area contributed by atoms with Gasteiger partial charge in [-0.05, 0) is 18.6 Å². The zero-order valence-corrected chi connectivity index (χ0v) is 13.4. The van der Waals surface area contributed by atoms with Gasteiger partial charge in [-0.15, -0.1) is 0 Å². The molecule has 4 nitrogen and oxygen atoms in total. The summed E-state index contributed by atoms with van der Waals surface area (Å²) in [5.74, 6) is 0.934. The van der Waals surface area contributed by atoms with E-state index in [2.05, 4.69) is 19.8 Å². The predicted molar refractivity (Wildman–Crippen MR) is 85.7 cm³/mol. The molecule has 0 amide bonds. The van der Waals surface area contributed by atoms with Gasteiger partial charge in [0, 0.05) is 44.5 Å². The minimum absolute atomic E-state index is 0.528. The molecule has 2 heterocycles. The summed E-state index contributed by atoms with van der Waals surface area (Å²) >= 11 is 0. The lowest BCUT2D eigenvalue weighted by Crippen LogP contribution is -2.46. The van der Waals surface area contributed by atoms with E-state index in [1.165, 1.54) is 18.5 Å². The molecule has 1 aromatic heterocycles. The van der Waals surface area contributed by atoms with E-state index in [0.29, 0.717) is 12.1 Å². The summed E-state index contributed by atoms with van der Waals surface area (Å²) in [7, 11) is 0. The highest BCUT2D eigenvalue weighted by Gasteiger charge is 2.30. The lowest BCUT2D eigenvalue weighted by molar-refractivity contribution is -0.137. The normalized spacial score (nSPS) is 16.4. The van der Waals surface area contributed by atoms with Crippen LogP contribution in [0.1, 0.15) is 16.7 Å². The minimum Gasteiger partial charge on any atom is -0.354 e. The second-order valence-electron chi connectivity index (χ2n) is 5.99. The third-order valence-corrected chi connectivity index (χ3v) is 4.20. The highest BCUT2D eigenvalue weighted by atomic mass is 19.4. The van der Waals surface area contributed by atoms with Gasteiger partial charge in [-0.1, -0.05) is 18.2 Å². The van der Waals surface area contributed by atoms with E-state index >= 15 is 0 Å². The SMILES string of the molecule is Cc1cncnc1N1CCN(Cc2cccc(C(F)(F)F)c2)CC1. The molecule has 1 saturated heterocycles. The Bertz CT molecular complexity index is 694. The lowest BCUT2D eigenvalue weighted by atomic mass is 10.1. The Kier molecular flexibility index (Phi) is 4.71. The molecule has 128 valence electrons. The van der Waals surface area contributed by atoms with Crippen LogP contribution in [-0.4, -0.2) is 41.0 Å². The molecule has 1 fully saturated rings. The molecule has 0 saturated carbocycles. The number of piperazine rings is 1. The van der Waals surface area contributed by atoms with Crippen molar-refractivity contribution in [2.75, 3.05) is 31.1 Å². The molecule has 24 heavy (non-hydrogen) atoms. The van der Waals surface area contributed by atoms with Crippen LogP contribution in [-0.2, 0) is 12.7 Å². The summed E-state index contributed by atoms with van der Waals surface area (Å²) in [5.41, 5.74) is 1.13. The quantitative estimate of drug-likeness (QED) is 0.862. The Morgan fingerprint density at radius 3 is 2.54 bits per heavy atom. The van der Waals surface area contributed by atoms with Crippen molar-refractivity contribution in [3.05, 3.63) is 53.5 Å². The smallest absolute Gasteiger partial charge is 0.354 e. The average molecular weight is 336 g/mol. The molecule has 0 unspecified atom stereocenters. The van der Waals surface area contributed by atoms with Crippen LogP contribution in [0.2, 0.25) is 0 Å². The topological polar surface area (TPSA) is 32.3 Å². The number of halogens is 3. The Morgan fingerprint density at radius 2 is 1.88 bits per heavy atom. The first kappa shape index (κ1) is 16.7.